The molecule has 1 aliphatic carbocycles. The second kappa shape index (κ2) is 10.5. The Morgan fingerprint density at radius 1 is 1.28 bits per heavy atom. The van der Waals surface area contributed by atoms with Crippen LogP contribution in [-0.4, -0.2) is 41.8 Å². The normalized spacial score (nSPS) is 19.1. The van der Waals surface area contributed by atoms with Crippen molar-refractivity contribution in [2.24, 2.45) is 5.92 Å². The Balaban J connectivity index is 1.64. The SMILES string of the molecule is CCOC(=O)COc1ccc(/C=C2/SC(=O)N(CC3CCCCC3)C2=O)cc1I. The molecule has 6 nitrogen and oxygen atoms in total. The molecule has 29 heavy (non-hydrogen) atoms. The van der Waals surface area contributed by atoms with E-state index in [-0.39, 0.29) is 17.8 Å². The second-order valence-corrected chi connectivity index (χ2v) is 9.24. The second-order valence-electron chi connectivity index (χ2n) is 7.08. The van der Waals surface area contributed by atoms with Crippen molar-refractivity contribution in [3.8, 4) is 5.75 Å². The van der Waals surface area contributed by atoms with E-state index in [0.717, 1.165) is 33.7 Å². The monoisotopic (exact) mass is 529 g/mol. The molecular formula is C21H24INO5S. The number of imide groups is 1. The smallest absolute Gasteiger partial charge is 0.344 e. The summed E-state index contributed by atoms with van der Waals surface area (Å²) in [5.41, 5.74) is 0.807. The number of carbonyl (C=O) groups excluding carboxylic acids is 3. The van der Waals surface area contributed by atoms with Gasteiger partial charge in [-0.25, -0.2) is 4.79 Å². The van der Waals surface area contributed by atoms with Crippen LogP contribution in [0.5, 0.6) is 5.75 Å². The Morgan fingerprint density at radius 3 is 2.72 bits per heavy atom. The van der Waals surface area contributed by atoms with Crippen molar-refractivity contribution in [2.75, 3.05) is 19.8 Å². The summed E-state index contributed by atoms with van der Waals surface area (Å²) in [4.78, 5) is 38.3. The molecule has 0 spiro atoms. The van der Waals surface area contributed by atoms with Gasteiger partial charge in [0.05, 0.1) is 15.1 Å². The minimum atomic E-state index is -0.418. The van der Waals surface area contributed by atoms with Gasteiger partial charge in [0, 0.05) is 6.54 Å². The molecule has 8 heteroatoms. The molecule has 0 unspecified atom stereocenters. The fourth-order valence-electron chi connectivity index (χ4n) is 3.50. The predicted molar refractivity (Wildman–Crippen MR) is 121 cm³/mol. The summed E-state index contributed by atoms with van der Waals surface area (Å²) in [6, 6.07) is 5.41. The van der Waals surface area contributed by atoms with Crippen molar-refractivity contribution >= 4 is 57.5 Å². The summed E-state index contributed by atoms with van der Waals surface area (Å²) in [6.07, 6.45) is 7.53. The van der Waals surface area contributed by atoms with Crippen LogP contribution in [0.15, 0.2) is 23.1 Å². The number of benzene rings is 1. The molecule has 0 aromatic heterocycles. The average Bonchev–Trinajstić information content (AvgIpc) is 2.96. The molecule has 2 fully saturated rings. The van der Waals surface area contributed by atoms with E-state index in [2.05, 4.69) is 22.6 Å². The van der Waals surface area contributed by atoms with Crippen LogP contribution in [0.3, 0.4) is 0 Å². The minimum Gasteiger partial charge on any atom is -0.481 e. The van der Waals surface area contributed by atoms with Crippen LogP contribution in [-0.2, 0) is 14.3 Å². The maximum Gasteiger partial charge on any atom is 0.344 e. The largest absolute Gasteiger partial charge is 0.481 e. The molecule has 1 aromatic carbocycles. The third-order valence-corrected chi connectivity index (χ3v) is 6.69. The van der Waals surface area contributed by atoms with E-state index in [4.69, 9.17) is 9.47 Å². The molecule has 0 radical (unpaired) electrons. The Labute approximate surface area is 188 Å². The van der Waals surface area contributed by atoms with E-state index in [1.807, 2.05) is 6.07 Å². The fourth-order valence-corrected chi connectivity index (χ4v) is 5.04. The topological polar surface area (TPSA) is 72.9 Å². The summed E-state index contributed by atoms with van der Waals surface area (Å²) < 4.78 is 11.1. The number of amides is 2. The van der Waals surface area contributed by atoms with E-state index in [1.54, 1.807) is 25.1 Å². The summed E-state index contributed by atoms with van der Waals surface area (Å²) >= 11 is 3.11. The summed E-state index contributed by atoms with van der Waals surface area (Å²) in [5.74, 6) is 0.372. The van der Waals surface area contributed by atoms with E-state index in [0.29, 0.717) is 29.7 Å². The first-order valence-electron chi connectivity index (χ1n) is 9.81. The lowest BCUT2D eigenvalue weighted by atomic mass is 9.89. The van der Waals surface area contributed by atoms with Crippen LogP contribution < -0.4 is 4.74 Å². The van der Waals surface area contributed by atoms with Crippen molar-refractivity contribution in [3.05, 3.63) is 32.2 Å². The predicted octanol–water partition coefficient (Wildman–Crippen LogP) is 4.85. The van der Waals surface area contributed by atoms with Crippen LogP contribution >= 0.6 is 34.4 Å². The van der Waals surface area contributed by atoms with Gasteiger partial charge in [-0.1, -0.05) is 25.3 Å². The maximum atomic E-state index is 12.7. The molecule has 2 aliphatic rings. The number of rotatable bonds is 7. The molecule has 1 heterocycles. The van der Waals surface area contributed by atoms with Gasteiger partial charge in [0.1, 0.15) is 5.75 Å². The van der Waals surface area contributed by atoms with E-state index < -0.39 is 5.97 Å². The molecule has 156 valence electrons. The van der Waals surface area contributed by atoms with Crippen LogP contribution in [0.4, 0.5) is 4.79 Å². The van der Waals surface area contributed by atoms with E-state index in [1.165, 1.54) is 24.2 Å². The highest BCUT2D eigenvalue weighted by Gasteiger charge is 2.36. The van der Waals surface area contributed by atoms with Gasteiger partial charge in [-0.3, -0.25) is 14.5 Å². The number of nitrogens with zero attached hydrogens (tertiary/aromatic N) is 1. The zero-order chi connectivity index (χ0) is 20.8. The number of carbonyl (C=O) groups is 3. The zero-order valence-corrected chi connectivity index (χ0v) is 19.3. The van der Waals surface area contributed by atoms with E-state index in [9.17, 15) is 14.4 Å². The number of thioether (sulfide) groups is 1. The molecule has 0 atom stereocenters. The number of halogens is 1. The summed E-state index contributed by atoms with van der Waals surface area (Å²) in [6.45, 7) is 2.44. The van der Waals surface area contributed by atoms with Gasteiger partial charge in [-0.05, 0) is 83.8 Å². The van der Waals surface area contributed by atoms with Crippen molar-refractivity contribution in [1.29, 1.82) is 0 Å². The van der Waals surface area contributed by atoms with Gasteiger partial charge >= 0.3 is 5.97 Å². The van der Waals surface area contributed by atoms with Gasteiger partial charge < -0.3 is 9.47 Å². The lowest BCUT2D eigenvalue weighted by Gasteiger charge is -2.25. The molecule has 0 bridgehead atoms. The third-order valence-electron chi connectivity index (χ3n) is 4.94. The van der Waals surface area contributed by atoms with Crippen LogP contribution in [0, 0.1) is 9.49 Å². The van der Waals surface area contributed by atoms with Crippen LogP contribution in [0.25, 0.3) is 6.08 Å². The highest BCUT2D eigenvalue weighted by molar-refractivity contribution is 14.1. The molecule has 1 saturated heterocycles. The summed E-state index contributed by atoms with van der Waals surface area (Å²) in [5, 5.41) is -0.184. The standard InChI is InChI=1S/C21H24INO5S/c1-2-27-19(24)13-28-17-9-8-15(10-16(17)22)11-18-20(25)23(21(26)29-18)12-14-6-4-3-5-7-14/h8-11,14H,2-7,12-13H2,1H3/b18-11+. The number of esters is 1. The Bertz CT molecular complexity index is 819. The molecule has 3 rings (SSSR count). The Hall–Kier alpha value is -1.55. The van der Waals surface area contributed by atoms with Crippen molar-refractivity contribution in [2.45, 2.75) is 39.0 Å². The zero-order valence-electron chi connectivity index (χ0n) is 16.3. The molecule has 1 saturated carbocycles. The highest BCUT2D eigenvalue weighted by atomic mass is 127. The first-order chi connectivity index (χ1) is 14.0. The van der Waals surface area contributed by atoms with Crippen molar-refractivity contribution in [3.63, 3.8) is 0 Å². The molecular weight excluding hydrogens is 505 g/mol. The quantitative estimate of drug-likeness (QED) is 0.286. The van der Waals surface area contributed by atoms with Gasteiger partial charge in [0.25, 0.3) is 11.1 Å². The van der Waals surface area contributed by atoms with Gasteiger partial charge in [0.2, 0.25) is 0 Å². The fraction of sp³-hybridized carbons (Fsp3) is 0.476. The van der Waals surface area contributed by atoms with Gasteiger partial charge in [-0.2, -0.15) is 0 Å². The molecule has 1 aliphatic heterocycles. The first-order valence-corrected chi connectivity index (χ1v) is 11.7. The van der Waals surface area contributed by atoms with E-state index >= 15 is 0 Å². The van der Waals surface area contributed by atoms with Crippen LogP contribution in [0.2, 0.25) is 0 Å². The number of hydrogen-bond donors (Lipinski definition) is 0. The maximum absolute atomic E-state index is 12.7. The molecule has 2 amide bonds. The van der Waals surface area contributed by atoms with Crippen molar-refractivity contribution in [1.82, 2.24) is 4.90 Å². The molecule has 0 N–H and O–H groups in total. The Kier molecular flexibility index (Phi) is 7.99. The summed E-state index contributed by atoms with van der Waals surface area (Å²) in [7, 11) is 0. The lowest BCUT2D eigenvalue weighted by molar-refractivity contribution is -0.145. The van der Waals surface area contributed by atoms with Gasteiger partial charge in [-0.15, -0.1) is 0 Å². The number of ether oxygens (including phenoxy) is 2. The van der Waals surface area contributed by atoms with Crippen molar-refractivity contribution < 1.29 is 23.9 Å². The average molecular weight is 529 g/mol. The number of hydrogen-bond acceptors (Lipinski definition) is 6. The lowest BCUT2D eigenvalue weighted by Crippen LogP contribution is -2.34. The molecule has 1 aromatic rings. The van der Waals surface area contributed by atoms with Gasteiger partial charge in [0.15, 0.2) is 6.61 Å². The minimum absolute atomic E-state index is 0.150. The highest BCUT2D eigenvalue weighted by Crippen LogP contribution is 2.35. The third kappa shape index (κ3) is 5.97. The Morgan fingerprint density at radius 2 is 2.03 bits per heavy atom. The van der Waals surface area contributed by atoms with Crippen LogP contribution in [0.1, 0.15) is 44.6 Å². The first kappa shape index (κ1) is 22.1.